The van der Waals surface area contributed by atoms with Crippen molar-refractivity contribution >= 4 is 33.4 Å². The van der Waals surface area contributed by atoms with Gasteiger partial charge in [0.25, 0.3) is 0 Å². The van der Waals surface area contributed by atoms with Crippen LogP contribution in [0, 0.1) is 0 Å². The smallest absolute Gasteiger partial charge is 0.247 e. The van der Waals surface area contributed by atoms with Gasteiger partial charge in [-0.05, 0) is 39.9 Å². The molecule has 3 N–H and O–H groups in total. The van der Waals surface area contributed by atoms with Gasteiger partial charge < -0.3 is 20.3 Å². The largest absolute Gasteiger partial charge is 0.504 e. The first-order valence-corrected chi connectivity index (χ1v) is 9.96. The van der Waals surface area contributed by atoms with Crippen molar-refractivity contribution in [1.29, 1.82) is 0 Å². The number of benzene rings is 2. The summed E-state index contributed by atoms with van der Waals surface area (Å²) in [5.41, 5.74) is 2.79. The van der Waals surface area contributed by atoms with Crippen LogP contribution in [-0.2, 0) is 0 Å². The molecule has 0 saturated heterocycles. The number of phenolic OH excluding ortho intramolecular Hbond substituents is 2. The van der Waals surface area contributed by atoms with Crippen LogP contribution < -0.4 is 10.1 Å². The summed E-state index contributed by atoms with van der Waals surface area (Å²) < 4.78 is 6.48. The second-order valence-corrected chi connectivity index (χ2v) is 7.82. The number of aromatic hydroxyl groups is 2. The zero-order valence-corrected chi connectivity index (χ0v) is 16.6. The standard InChI is InChI=1S/C18H15BrN4O3S/c1-2-27-18-21-17-14(22-23-18)10-5-3-4-6-12(10)20-16(26-17)9-7-11(19)15(25)13(24)8-9/h3-8,16,20,24-25H,2H2,1H3/t16-/m1/s1. The van der Waals surface area contributed by atoms with E-state index in [9.17, 15) is 10.2 Å². The molecule has 0 saturated carbocycles. The zero-order valence-electron chi connectivity index (χ0n) is 14.2. The Morgan fingerprint density at radius 3 is 2.81 bits per heavy atom. The number of aromatic nitrogens is 3. The fraction of sp³-hybridized carbons (Fsp3) is 0.167. The highest BCUT2D eigenvalue weighted by Crippen LogP contribution is 2.42. The van der Waals surface area contributed by atoms with Crippen LogP contribution in [0.3, 0.4) is 0 Å². The first kappa shape index (κ1) is 17.9. The van der Waals surface area contributed by atoms with E-state index in [4.69, 9.17) is 4.74 Å². The third-order valence-corrected chi connectivity index (χ3v) is 5.30. The van der Waals surface area contributed by atoms with E-state index in [2.05, 4.69) is 36.4 Å². The molecular formula is C18H15BrN4O3S. The molecule has 1 aliphatic rings. The van der Waals surface area contributed by atoms with Gasteiger partial charge in [-0.3, -0.25) is 0 Å². The number of rotatable bonds is 3. The molecule has 0 spiro atoms. The lowest BCUT2D eigenvalue weighted by Crippen LogP contribution is -2.17. The Kier molecular flexibility index (Phi) is 4.79. The number of hydrogen-bond acceptors (Lipinski definition) is 8. The van der Waals surface area contributed by atoms with Gasteiger partial charge in [-0.2, -0.15) is 4.98 Å². The molecule has 0 radical (unpaired) electrons. The molecule has 1 atom stereocenters. The number of hydrogen-bond donors (Lipinski definition) is 3. The van der Waals surface area contributed by atoms with Crippen LogP contribution in [0.4, 0.5) is 5.69 Å². The van der Waals surface area contributed by atoms with Gasteiger partial charge in [0, 0.05) is 16.8 Å². The third-order valence-electron chi connectivity index (χ3n) is 3.98. The molecule has 1 aliphatic heterocycles. The number of thioether (sulfide) groups is 1. The number of fused-ring (bicyclic) bond motifs is 3. The number of anilines is 1. The summed E-state index contributed by atoms with van der Waals surface area (Å²) >= 11 is 4.72. The average molecular weight is 447 g/mol. The van der Waals surface area contributed by atoms with Crippen molar-refractivity contribution in [3.8, 4) is 28.6 Å². The number of phenols is 2. The lowest BCUT2D eigenvalue weighted by molar-refractivity contribution is 0.224. The molecule has 138 valence electrons. The van der Waals surface area contributed by atoms with E-state index in [1.165, 1.54) is 17.8 Å². The summed E-state index contributed by atoms with van der Waals surface area (Å²) in [5.74, 6) is 0.703. The maximum atomic E-state index is 9.98. The Labute approximate surface area is 168 Å². The summed E-state index contributed by atoms with van der Waals surface area (Å²) in [7, 11) is 0. The van der Waals surface area contributed by atoms with Crippen molar-refractivity contribution in [2.24, 2.45) is 0 Å². The summed E-state index contributed by atoms with van der Waals surface area (Å²) in [6, 6.07) is 10.8. The van der Waals surface area contributed by atoms with Crippen LogP contribution in [0.2, 0.25) is 0 Å². The molecule has 0 aliphatic carbocycles. The van der Waals surface area contributed by atoms with E-state index in [1.54, 1.807) is 6.07 Å². The Balaban J connectivity index is 1.84. The quantitative estimate of drug-likeness (QED) is 0.403. The monoisotopic (exact) mass is 446 g/mol. The Morgan fingerprint density at radius 1 is 1.22 bits per heavy atom. The molecule has 0 unspecified atom stereocenters. The van der Waals surface area contributed by atoms with E-state index in [0.717, 1.165) is 17.0 Å². The van der Waals surface area contributed by atoms with E-state index in [0.29, 0.717) is 26.8 Å². The summed E-state index contributed by atoms with van der Waals surface area (Å²) in [4.78, 5) is 4.50. The van der Waals surface area contributed by atoms with Crippen LogP contribution in [0.1, 0.15) is 18.7 Å². The summed E-state index contributed by atoms with van der Waals surface area (Å²) in [6.07, 6.45) is -0.647. The maximum absolute atomic E-state index is 9.98. The van der Waals surface area contributed by atoms with Gasteiger partial charge in [-0.15, -0.1) is 10.2 Å². The molecular weight excluding hydrogens is 432 g/mol. The minimum atomic E-state index is -0.647. The second-order valence-electron chi connectivity index (χ2n) is 5.74. The van der Waals surface area contributed by atoms with Gasteiger partial charge >= 0.3 is 0 Å². The number of ether oxygens (including phenoxy) is 1. The van der Waals surface area contributed by atoms with Crippen molar-refractivity contribution in [2.75, 3.05) is 11.1 Å². The lowest BCUT2D eigenvalue weighted by atomic mass is 10.1. The first-order valence-electron chi connectivity index (χ1n) is 8.18. The molecule has 0 bridgehead atoms. The van der Waals surface area contributed by atoms with Gasteiger partial charge in [0.15, 0.2) is 23.4 Å². The number of nitrogens with one attached hydrogen (secondary N) is 1. The molecule has 3 aromatic rings. The topological polar surface area (TPSA) is 100 Å². The highest BCUT2D eigenvalue weighted by atomic mass is 79.9. The average Bonchev–Trinajstić information content (AvgIpc) is 2.82. The van der Waals surface area contributed by atoms with Gasteiger partial charge in [0.1, 0.15) is 0 Å². The van der Waals surface area contributed by atoms with Crippen molar-refractivity contribution in [3.05, 3.63) is 46.4 Å². The molecule has 4 rings (SSSR count). The number of halogens is 1. The molecule has 1 aromatic heterocycles. The summed E-state index contributed by atoms with van der Waals surface area (Å²) in [6.45, 7) is 2.01. The highest BCUT2D eigenvalue weighted by Gasteiger charge is 2.27. The normalized spacial score (nSPS) is 15.1. The van der Waals surface area contributed by atoms with Gasteiger partial charge in [0.2, 0.25) is 11.0 Å². The molecule has 27 heavy (non-hydrogen) atoms. The first-order chi connectivity index (χ1) is 13.1. The van der Waals surface area contributed by atoms with E-state index in [-0.39, 0.29) is 11.5 Å². The molecule has 2 heterocycles. The van der Waals surface area contributed by atoms with Gasteiger partial charge in [-0.25, -0.2) is 0 Å². The van der Waals surface area contributed by atoms with Crippen molar-refractivity contribution in [1.82, 2.24) is 15.2 Å². The molecule has 0 fully saturated rings. The highest BCUT2D eigenvalue weighted by molar-refractivity contribution is 9.10. The maximum Gasteiger partial charge on any atom is 0.247 e. The van der Waals surface area contributed by atoms with Crippen LogP contribution in [-0.4, -0.2) is 31.1 Å². The van der Waals surface area contributed by atoms with E-state index in [1.807, 2.05) is 31.2 Å². The minimum absolute atomic E-state index is 0.223. The van der Waals surface area contributed by atoms with Crippen LogP contribution in [0.25, 0.3) is 11.3 Å². The Morgan fingerprint density at radius 2 is 2.04 bits per heavy atom. The van der Waals surface area contributed by atoms with Crippen LogP contribution in [0.5, 0.6) is 17.4 Å². The predicted molar refractivity (Wildman–Crippen MR) is 106 cm³/mol. The fourth-order valence-electron chi connectivity index (χ4n) is 2.74. The minimum Gasteiger partial charge on any atom is -0.504 e. The third kappa shape index (κ3) is 3.40. The van der Waals surface area contributed by atoms with Crippen molar-refractivity contribution in [2.45, 2.75) is 18.3 Å². The molecule has 9 heteroatoms. The van der Waals surface area contributed by atoms with Crippen molar-refractivity contribution in [3.63, 3.8) is 0 Å². The lowest BCUT2D eigenvalue weighted by Gasteiger charge is -2.20. The molecule has 0 amide bonds. The zero-order chi connectivity index (χ0) is 19.0. The number of para-hydroxylation sites is 1. The fourth-order valence-corrected chi connectivity index (χ4v) is 3.72. The summed E-state index contributed by atoms with van der Waals surface area (Å²) in [5, 5.41) is 32.1. The van der Waals surface area contributed by atoms with Gasteiger partial charge in [-0.1, -0.05) is 36.9 Å². The molecule has 2 aromatic carbocycles. The van der Waals surface area contributed by atoms with E-state index >= 15 is 0 Å². The van der Waals surface area contributed by atoms with Crippen molar-refractivity contribution < 1.29 is 14.9 Å². The second kappa shape index (κ2) is 7.24. The Bertz CT molecular complexity index is 995. The number of nitrogens with zero attached hydrogens (tertiary/aromatic N) is 3. The van der Waals surface area contributed by atoms with Crippen LogP contribution in [0.15, 0.2) is 46.0 Å². The Hall–Kier alpha value is -2.52. The molecule has 7 nitrogen and oxygen atoms in total. The predicted octanol–water partition coefficient (Wildman–Crippen LogP) is 4.33. The van der Waals surface area contributed by atoms with Crippen LogP contribution >= 0.6 is 27.7 Å². The van der Waals surface area contributed by atoms with Gasteiger partial charge in [0.05, 0.1) is 4.47 Å². The SMILES string of the molecule is CCSc1nnc2c(n1)O[C@H](c1cc(O)c(O)c(Br)c1)Nc1ccccc1-2. The van der Waals surface area contributed by atoms with E-state index < -0.39 is 6.23 Å².